The zero-order valence-electron chi connectivity index (χ0n) is 16.9. The molecule has 2 aliphatic heterocycles. The van der Waals surface area contributed by atoms with Crippen LogP contribution in [0.4, 0.5) is 10.5 Å². The van der Waals surface area contributed by atoms with Crippen LogP contribution >= 0.6 is 0 Å². The fourth-order valence-electron chi connectivity index (χ4n) is 3.92. The van der Waals surface area contributed by atoms with Crippen molar-refractivity contribution < 1.29 is 28.7 Å². The van der Waals surface area contributed by atoms with Gasteiger partial charge in [-0.1, -0.05) is 0 Å². The Morgan fingerprint density at radius 3 is 2.38 bits per heavy atom. The van der Waals surface area contributed by atoms with Gasteiger partial charge in [0.1, 0.15) is 23.5 Å². The van der Waals surface area contributed by atoms with Crippen LogP contribution in [-0.4, -0.2) is 57.8 Å². The molecule has 2 unspecified atom stereocenters. The first-order valence-corrected chi connectivity index (χ1v) is 9.49. The largest absolute Gasteiger partial charge is 0.474 e. The summed E-state index contributed by atoms with van der Waals surface area (Å²) in [5, 5.41) is 11.1. The monoisotopic (exact) mass is 407 g/mol. The van der Waals surface area contributed by atoms with E-state index in [0.29, 0.717) is 12.8 Å². The number of ether oxygens (including phenoxy) is 3. The number of nitro groups is 1. The van der Waals surface area contributed by atoms with E-state index in [-0.39, 0.29) is 35.7 Å². The van der Waals surface area contributed by atoms with E-state index in [2.05, 4.69) is 9.72 Å². The highest BCUT2D eigenvalue weighted by atomic mass is 16.6. The molecule has 1 amide bonds. The number of fused-ring (bicyclic) bond motifs is 2. The van der Waals surface area contributed by atoms with Crippen molar-refractivity contribution in [2.24, 2.45) is 0 Å². The Labute approximate surface area is 168 Å². The first kappa shape index (κ1) is 20.8. The standard InChI is InChI=1S/C19H25N3O7/c1-19(2,3)29-18(24)21-11-5-6-12(21)8-13(7-11)28-16-9-14(17(23)27-4)15(10-20-16)22(25)26/h9-13H,5-8H2,1-4H3. The number of hydrogen-bond donors (Lipinski definition) is 0. The van der Waals surface area contributed by atoms with Gasteiger partial charge in [-0.2, -0.15) is 0 Å². The summed E-state index contributed by atoms with van der Waals surface area (Å²) in [7, 11) is 1.15. The van der Waals surface area contributed by atoms with Crippen molar-refractivity contribution in [3.05, 3.63) is 27.9 Å². The van der Waals surface area contributed by atoms with E-state index < -0.39 is 22.2 Å². The number of rotatable bonds is 4. The molecule has 10 heteroatoms. The van der Waals surface area contributed by atoms with Crippen LogP contribution in [0.3, 0.4) is 0 Å². The van der Waals surface area contributed by atoms with Gasteiger partial charge >= 0.3 is 17.7 Å². The number of nitrogens with zero attached hydrogens (tertiary/aromatic N) is 3. The number of carbonyl (C=O) groups excluding carboxylic acids is 2. The van der Waals surface area contributed by atoms with E-state index >= 15 is 0 Å². The summed E-state index contributed by atoms with van der Waals surface area (Å²) in [5.74, 6) is -0.713. The third-order valence-electron chi connectivity index (χ3n) is 5.04. The molecule has 3 rings (SSSR count). The molecule has 0 radical (unpaired) electrons. The Hall–Kier alpha value is -2.91. The SMILES string of the molecule is COC(=O)c1cc(OC2CC3CCC(C2)N3C(=O)OC(C)(C)C)ncc1[N+](=O)[O-]. The summed E-state index contributed by atoms with van der Waals surface area (Å²) in [6, 6.07) is 1.24. The second-order valence-corrected chi connectivity index (χ2v) is 8.27. The first-order chi connectivity index (χ1) is 13.6. The van der Waals surface area contributed by atoms with Crippen LogP contribution in [0, 0.1) is 10.1 Å². The summed E-state index contributed by atoms with van der Waals surface area (Å²) >= 11 is 0. The Morgan fingerprint density at radius 1 is 1.24 bits per heavy atom. The average molecular weight is 407 g/mol. The van der Waals surface area contributed by atoms with Gasteiger partial charge in [-0.15, -0.1) is 0 Å². The van der Waals surface area contributed by atoms with Crippen molar-refractivity contribution in [3.8, 4) is 5.88 Å². The quantitative estimate of drug-likeness (QED) is 0.424. The molecule has 0 N–H and O–H groups in total. The molecular weight excluding hydrogens is 382 g/mol. The molecule has 2 aliphatic rings. The van der Waals surface area contributed by atoms with Crippen molar-refractivity contribution in [2.45, 2.75) is 70.2 Å². The third-order valence-corrected chi connectivity index (χ3v) is 5.04. The first-order valence-electron chi connectivity index (χ1n) is 9.49. The van der Waals surface area contributed by atoms with E-state index in [1.807, 2.05) is 20.8 Å². The smallest absolute Gasteiger partial charge is 0.410 e. The average Bonchev–Trinajstić information content (AvgIpc) is 2.90. The fraction of sp³-hybridized carbons (Fsp3) is 0.632. The molecule has 29 heavy (non-hydrogen) atoms. The van der Waals surface area contributed by atoms with Gasteiger partial charge in [-0.25, -0.2) is 14.6 Å². The van der Waals surface area contributed by atoms with Gasteiger partial charge in [0.05, 0.1) is 12.0 Å². The molecule has 2 bridgehead atoms. The number of esters is 1. The number of aromatic nitrogens is 1. The summed E-state index contributed by atoms with van der Waals surface area (Å²) < 4.78 is 16.0. The van der Waals surface area contributed by atoms with Crippen molar-refractivity contribution in [3.63, 3.8) is 0 Å². The summed E-state index contributed by atoms with van der Waals surface area (Å²) in [6.07, 6.45) is 3.39. The molecular formula is C19H25N3O7. The Kier molecular flexibility index (Phi) is 5.63. The van der Waals surface area contributed by atoms with E-state index in [1.165, 1.54) is 6.07 Å². The minimum atomic E-state index is -0.830. The van der Waals surface area contributed by atoms with Crippen molar-refractivity contribution in [2.75, 3.05) is 7.11 Å². The van der Waals surface area contributed by atoms with E-state index in [1.54, 1.807) is 4.90 Å². The maximum absolute atomic E-state index is 12.5. The molecule has 2 saturated heterocycles. The van der Waals surface area contributed by atoms with E-state index in [4.69, 9.17) is 9.47 Å². The number of hydrogen-bond acceptors (Lipinski definition) is 8. The van der Waals surface area contributed by atoms with Crippen LogP contribution in [0.5, 0.6) is 5.88 Å². The van der Waals surface area contributed by atoms with Gasteiger partial charge in [-0.3, -0.25) is 10.1 Å². The van der Waals surface area contributed by atoms with Gasteiger partial charge in [0, 0.05) is 31.0 Å². The van der Waals surface area contributed by atoms with Gasteiger partial charge in [0.25, 0.3) is 0 Å². The Balaban J connectivity index is 1.71. The summed E-state index contributed by atoms with van der Waals surface area (Å²) in [4.78, 5) is 40.6. The number of piperidine rings is 1. The molecule has 2 atom stereocenters. The minimum Gasteiger partial charge on any atom is -0.474 e. The number of pyridine rings is 1. The van der Waals surface area contributed by atoms with Crippen molar-refractivity contribution in [1.82, 2.24) is 9.88 Å². The molecule has 10 nitrogen and oxygen atoms in total. The van der Waals surface area contributed by atoms with Crippen LogP contribution < -0.4 is 4.74 Å². The molecule has 3 heterocycles. The lowest BCUT2D eigenvalue weighted by atomic mass is 10.00. The van der Waals surface area contributed by atoms with Crippen LogP contribution in [0.25, 0.3) is 0 Å². The number of carbonyl (C=O) groups is 2. The third kappa shape index (κ3) is 4.57. The lowest BCUT2D eigenvalue weighted by Gasteiger charge is -2.39. The van der Waals surface area contributed by atoms with E-state index in [0.717, 1.165) is 26.1 Å². The fourth-order valence-corrected chi connectivity index (χ4v) is 3.92. The molecule has 2 fully saturated rings. The Morgan fingerprint density at radius 2 is 1.86 bits per heavy atom. The second-order valence-electron chi connectivity index (χ2n) is 8.27. The van der Waals surface area contributed by atoms with Gasteiger partial charge in [-0.05, 0) is 33.6 Å². The normalized spacial score (nSPS) is 23.4. The summed E-state index contributed by atoms with van der Waals surface area (Å²) in [5.41, 5.74) is -1.21. The molecule has 0 aromatic carbocycles. The number of methoxy groups -OCH3 is 1. The van der Waals surface area contributed by atoms with Gasteiger partial charge in [0.15, 0.2) is 0 Å². The maximum Gasteiger partial charge on any atom is 0.410 e. The highest BCUT2D eigenvalue weighted by Crippen LogP contribution is 2.38. The summed E-state index contributed by atoms with van der Waals surface area (Å²) in [6.45, 7) is 5.51. The van der Waals surface area contributed by atoms with E-state index in [9.17, 15) is 19.7 Å². The highest BCUT2D eigenvalue weighted by molar-refractivity contribution is 5.93. The predicted molar refractivity (Wildman–Crippen MR) is 101 cm³/mol. The molecule has 0 saturated carbocycles. The molecule has 158 valence electrons. The Bertz CT molecular complexity index is 807. The van der Waals surface area contributed by atoms with Crippen molar-refractivity contribution in [1.29, 1.82) is 0 Å². The topological polar surface area (TPSA) is 121 Å². The molecule has 1 aromatic heterocycles. The lowest BCUT2D eigenvalue weighted by Crippen LogP contribution is -2.50. The molecule has 0 aliphatic carbocycles. The zero-order valence-corrected chi connectivity index (χ0v) is 16.9. The van der Waals surface area contributed by atoms with Gasteiger partial charge in [0.2, 0.25) is 5.88 Å². The predicted octanol–water partition coefficient (Wildman–Crippen LogP) is 3.09. The van der Waals surface area contributed by atoms with Crippen molar-refractivity contribution >= 4 is 17.7 Å². The highest BCUT2D eigenvalue weighted by Gasteiger charge is 2.45. The van der Waals surface area contributed by atoms with Gasteiger partial charge < -0.3 is 19.1 Å². The lowest BCUT2D eigenvalue weighted by molar-refractivity contribution is -0.385. The number of amides is 1. The van der Waals surface area contributed by atoms with Crippen LogP contribution in [0.2, 0.25) is 0 Å². The second kappa shape index (κ2) is 7.84. The maximum atomic E-state index is 12.5. The minimum absolute atomic E-state index is 0.00623. The van der Waals surface area contributed by atoms with Crippen LogP contribution in [0.15, 0.2) is 12.3 Å². The van der Waals surface area contributed by atoms with Crippen LogP contribution in [0.1, 0.15) is 56.8 Å². The molecule has 1 aromatic rings. The zero-order chi connectivity index (χ0) is 21.3. The van der Waals surface area contributed by atoms with Crippen LogP contribution in [-0.2, 0) is 9.47 Å². The molecule has 0 spiro atoms.